The maximum absolute atomic E-state index is 11.8. The molecule has 82 valence electrons. The first-order chi connectivity index (χ1) is 7.19. The van der Waals surface area contributed by atoms with Crippen LogP contribution in [0.2, 0.25) is 0 Å². The number of aliphatic hydroxyl groups excluding tert-OH is 1. The van der Waals surface area contributed by atoms with E-state index in [1.165, 1.54) is 4.90 Å². The number of carbonyl (C=O) groups excluding carboxylic acids is 1. The highest BCUT2D eigenvalue weighted by Crippen LogP contribution is 2.09. The summed E-state index contributed by atoms with van der Waals surface area (Å²) in [4.78, 5) is 13.3. The molecule has 0 radical (unpaired) electrons. The molecule has 0 aliphatic rings. The number of aliphatic hydroxyl groups is 1. The molecule has 1 aromatic rings. The summed E-state index contributed by atoms with van der Waals surface area (Å²) in [5.74, 6) is 0.765. The Kier molecular flexibility index (Phi) is 4.12. The van der Waals surface area contributed by atoms with E-state index in [1.807, 2.05) is 0 Å². The molecule has 0 saturated carbocycles. The third-order valence-electron chi connectivity index (χ3n) is 1.96. The van der Waals surface area contributed by atoms with E-state index in [0.29, 0.717) is 18.1 Å². The molecule has 4 nitrogen and oxygen atoms in total. The highest BCUT2D eigenvalue weighted by atomic mass is 16.3. The normalized spacial score (nSPS) is 10.0. The summed E-state index contributed by atoms with van der Waals surface area (Å²) in [5, 5.41) is 8.81. The first-order valence-corrected chi connectivity index (χ1v) is 4.76. The van der Waals surface area contributed by atoms with Crippen molar-refractivity contribution in [2.45, 2.75) is 6.92 Å². The molecule has 1 aromatic heterocycles. The second kappa shape index (κ2) is 5.36. The number of hydrogen-bond acceptors (Lipinski definition) is 3. The first-order valence-electron chi connectivity index (χ1n) is 4.76. The van der Waals surface area contributed by atoms with Crippen molar-refractivity contribution < 1.29 is 14.3 Å². The zero-order chi connectivity index (χ0) is 11.3. The van der Waals surface area contributed by atoms with Crippen LogP contribution >= 0.6 is 0 Å². The summed E-state index contributed by atoms with van der Waals surface area (Å²) in [7, 11) is 0. The van der Waals surface area contributed by atoms with E-state index in [1.54, 1.807) is 25.1 Å². The summed E-state index contributed by atoms with van der Waals surface area (Å²) >= 11 is 0. The van der Waals surface area contributed by atoms with Gasteiger partial charge in [-0.25, -0.2) is 0 Å². The number of carbonyl (C=O) groups is 1. The summed E-state index contributed by atoms with van der Waals surface area (Å²) < 4.78 is 5.21. The lowest BCUT2D eigenvalue weighted by atomic mass is 10.3. The summed E-state index contributed by atoms with van der Waals surface area (Å²) in [6, 6.07) is 3.36. The van der Waals surface area contributed by atoms with Gasteiger partial charge in [-0.05, 0) is 19.1 Å². The Bertz CT molecular complexity index is 343. The van der Waals surface area contributed by atoms with Gasteiger partial charge in [0.15, 0.2) is 5.76 Å². The Morgan fingerprint density at radius 2 is 2.40 bits per heavy atom. The molecule has 0 aliphatic carbocycles. The number of aryl methyl sites for hydroxylation is 1. The molecule has 0 aliphatic heterocycles. The molecule has 0 fully saturated rings. The summed E-state index contributed by atoms with van der Waals surface area (Å²) in [5.41, 5.74) is 0. The van der Waals surface area contributed by atoms with Crippen molar-refractivity contribution in [2.75, 3.05) is 19.7 Å². The smallest absolute Gasteiger partial charge is 0.289 e. The Morgan fingerprint density at radius 1 is 1.67 bits per heavy atom. The van der Waals surface area contributed by atoms with Crippen molar-refractivity contribution in [1.29, 1.82) is 0 Å². The van der Waals surface area contributed by atoms with Crippen molar-refractivity contribution in [2.24, 2.45) is 0 Å². The molecular formula is C11H15NO3. The third kappa shape index (κ3) is 2.95. The molecule has 4 heteroatoms. The van der Waals surface area contributed by atoms with Crippen LogP contribution in [0.1, 0.15) is 16.3 Å². The molecule has 0 aromatic carbocycles. The van der Waals surface area contributed by atoms with Crippen LogP contribution in [0.4, 0.5) is 0 Å². The highest BCUT2D eigenvalue weighted by Gasteiger charge is 2.16. The predicted octanol–water partition coefficient (Wildman–Crippen LogP) is 1.21. The zero-order valence-electron chi connectivity index (χ0n) is 8.77. The molecule has 0 bridgehead atoms. The van der Waals surface area contributed by atoms with Crippen molar-refractivity contribution in [1.82, 2.24) is 4.90 Å². The summed E-state index contributed by atoms with van der Waals surface area (Å²) in [6.07, 6.45) is 1.61. The topological polar surface area (TPSA) is 53.7 Å². The lowest BCUT2D eigenvalue weighted by molar-refractivity contribution is 0.0710. The van der Waals surface area contributed by atoms with Crippen LogP contribution in [-0.2, 0) is 0 Å². The van der Waals surface area contributed by atoms with Gasteiger partial charge in [-0.2, -0.15) is 0 Å². The van der Waals surface area contributed by atoms with Crippen molar-refractivity contribution in [3.63, 3.8) is 0 Å². The second-order valence-electron chi connectivity index (χ2n) is 3.17. The fourth-order valence-electron chi connectivity index (χ4n) is 1.26. The quantitative estimate of drug-likeness (QED) is 0.741. The van der Waals surface area contributed by atoms with E-state index in [0.717, 1.165) is 0 Å². The Hall–Kier alpha value is -1.55. The van der Waals surface area contributed by atoms with Crippen LogP contribution in [0, 0.1) is 6.92 Å². The van der Waals surface area contributed by atoms with Crippen LogP contribution in [0.3, 0.4) is 0 Å². The van der Waals surface area contributed by atoms with Gasteiger partial charge in [0, 0.05) is 13.1 Å². The van der Waals surface area contributed by atoms with Crippen molar-refractivity contribution in [3.8, 4) is 0 Å². The molecule has 1 amide bonds. The first kappa shape index (κ1) is 11.5. The second-order valence-corrected chi connectivity index (χ2v) is 3.17. The van der Waals surface area contributed by atoms with E-state index in [9.17, 15) is 4.79 Å². The van der Waals surface area contributed by atoms with Crippen molar-refractivity contribution in [3.05, 3.63) is 36.3 Å². The number of rotatable bonds is 5. The van der Waals surface area contributed by atoms with Gasteiger partial charge in [-0.15, -0.1) is 6.58 Å². The Labute approximate surface area is 88.8 Å². The fourth-order valence-corrected chi connectivity index (χ4v) is 1.26. The van der Waals surface area contributed by atoms with Gasteiger partial charge in [0.1, 0.15) is 5.76 Å². The van der Waals surface area contributed by atoms with Gasteiger partial charge in [0.05, 0.1) is 6.61 Å². The van der Waals surface area contributed by atoms with Gasteiger partial charge in [0.25, 0.3) is 5.91 Å². The van der Waals surface area contributed by atoms with Crippen LogP contribution < -0.4 is 0 Å². The summed E-state index contributed by atoms with van der Waals surface area (Å²) in [6.45, 7) is 5.95. The minimum atomic E-state index is -0.225. The van der Waals surface area contributed by atoms with E-state index in [2.05, 4.69) is 6.58 Å². The van der Waals surface area contributed by atoms with Crippen molar-refractivity contribution >= 4 is 5.91 Å². The number of amides is 1. The van der Waals surface area contributed by atoms with Gasteiger partial charge < -0.3 is 14.4 Å². The number of nitrogens with zero attached hydrogens (tertiary/aromatic N) is 1. The van der Waals surface area contributed by atoms with Crippen LogP contribution in [0.25, 0.3) is 0 Å². The van der Waals surface area contributed by atoms with E-state index < -0.39 is 0 Å². The van der Waals surface area contributed by atoms with Gasteiger partial charge in [-0.1, -0.05) is 6.08 Å². The fraction of sp³-hybridized carbons (Fsp3) is 0.364. The maximum atomic E-state index is 11.8. The SMILES string of the molecule is C=CCN(CCO)C(=O)c1ccc(C)o1. The monoisotopic (exact) mass is 209 g/mol. The van der Waals surface area contributed by atoms with E-state index in [-0.39, 0.29) is 19.1 Å². The van der Waals surface area contributed by atoms with Crippen LogP contribution in [0.5, 0.6) is 0 Å². The van der Waals surface area contributed by atoms with E-state index in [4.69, 9.17) is 9.52 Å². The zero-order valence-corrected chi connectivity index (χ0v) is 8.77. The average Bonchev–Trinajstić information content (AvgIpc) is 2.63. The highest BCUT2D eigenvalue weighted by molar-refractivity contribution is 5.91. The maximum Gasteiger partial charge on any atom is 0.289 e. The third-order valence-corrected chi connectivity index (χ3v) is 1.96. The predicted molar refractivity (Wildman–Crippen MR) is 56.6 cm³/mol. The van der Waals surface area contributed by atoms with Crippen LogP contribution in [-0.4, -0.2) is 35.6 Å². The van der Waals surface area contributed by atoms with Gasteiger partial charge in [-0.3, -0.25) is 4.79 Å². The molecule has 1 rings (SSSR count). The molecule has 0 saturated heterocycles. The lowest BCUT2D eigenvalue weighted by Gasteiger charge is -2.18. The number of furan rings is 1. The molecule has 15 heavy (non-hydrogen) atoms. The molecule has 0 spiro atoms. The average molecular weight is 209 g/mol. The Morgan fingerprint density at radius 3 is 2.87 bits per heavy atom. The molecule has 1 heterocycles. The minimum Gasteiger partial charge on any atom is -0.456 e. The molecule has 0 atom stereocenters. The molecule has 0 unspecified atom stereocenters. The van der Waals surface area contributed by atoms with E-state index >= 15 is 0 Å². The minimum absolute atomic E-state index is 0.0702. The molecule has 1 N–H and O–H groups in total. The Balaban J connectivity index is 2.75. The van der Waals surface area contributed by atoms with Crippen LogP contribution in [0.15, 0.2) is 29.2 Å². The standard InChI is InChI=1S/C11H15NO3/c1-3-6-12(7-8-13)11(14)10-5-4-9(2)15-10/h3-5,13H,1,6-8H2,2H3. The largest absolute Gasteiger partial charge is 0.456 e. The van der Waals surface area contributed by atoms with Gasteiger partial charge in [0.2, 0.25) is 0 Å². The number of hydrogen-bond donors (Lipinski definition) is 1. The lowest BCUT2D eigenvalue weighted by Crippen LogP contribution is -2.33. The molecular weight excluding hydrogens is 194 g/mol. The van der Waals surface area contributed by atoms with Gasteiger partial charge >= 0.3 is 0 Å².